The lowest BCUT2D eigenvalue weighted by Gasteiger charge is -2.18. The van der Waals surface area contributed by atoms with E-state index in [1.165, 1.54) is 0 Å². The highest BCUT2D eigenvalue weighted by Gasteiger charge is 2.36. The Morgan fingerprint density at radius 1 is 1.44 bits per heavy atom. The van der Waals surface area contributed by atoms with E-state index in [9.17, 15) is 18.3 Å². The zero-order valence-electron chi connectivity index (χ0n) is 10.0. The van der Waals surface area contributed by atoms with Gasteiger partial charge in [0.25, 0.3) is 0 Å². The van der Waals surface area contributed by atoms with Crippen LogP contribution in [-0.4, -0.2) is 32.4 Å². The fourth-order valence-corrected chi connectivity index (χ4v) is 3.39. The molecule has 0 radical (unpaired) electrons. The molecule has 18 heavy (non-hydrogen) atoms. The molecule has 6 nitrogen and oxygen atoms in total. The molecule has 0 bridgehead atoms. The molecule has 2 N–H and O–H groups in total. The number of aryl methyl sites for hydroxylation is 2. The van der Waals surface area contributed by atoms with Crippen molar-refractivity contribution in [3.05, 3.63) is 23.3 Å². The third-order valence-electron chi connectivity index (χ3n) is 2.81. The van der Waals surface area contributed by atoms with Crippen LogP contribution in [0.1, 0.15) is 11.1 Å². The highest BCUT2D eigenvalue weighted by Crippen LogP contribution is 2.34. The molecule has 0 aromatic heterocycles. The number of phenols is 1. The van der Waals surface area contributed by atoms with Gasteiger partial charge in [-0.1, -0.05) is 6.07 Å². The minimum Gasteiger partial charge on any atom is -0.505 e. The first-order valence-electron chi connectivity index (χ1n) is 5.40. The second-order valence-corrected chi connectivity index (χ2v) is 5.97. The maximum absolute atomic E-state index is 11.9. The first-order valence-corrected chi connectivity index (χ1v) is 6.84. The second kappa shape index (κ2) is 4.25. The molecule has 1 aromatic carbocycles. The average molecular weight is 270 g/mol. The van der Waals surface area contributed by atoms with Gasteiger partial charge < -0.3 is 9.90 Å². The van der Waals surface area contributed by atoms with E-state index in [-0.39, 0.29) is 18.0 Å². The molecular formula is C11H14N2O4S. The van der Waals surface area contributed by atoms with Crippen LogP contribution in [0.4, 0.5) is 5.69 Å². The van der Waals surface area contributed by atoms with Crippen molar-refractivity contribution in [2.45, 2.75) is 19.9 Å². The number of carbonyl (C=O) groups excluding carboxylic acids is 1. The standard InChI is InChI=1S/C11H14N2O4S/c1-7-3-8(2)11(15)10(4-7)13-5-9(6-14)12-18(13,16)17/h3-4,6,9,12,15H,5H2,1-2H3. The van der Waals surface area contributed by atoms with Gasteiger partial charge in [-0.3, -0.25) is 4.31 Å². The SMILES string of the molecule is Cc1cc(C)c(O)c(N2CC(C=O)NS2(=O)=O)c1. The monoisotopic (exact) mass is 270 g/mol. The summed E-state index contributed by atoms with van der Waals surface area (Å²) in [5, 5.41) is 9.95. The van der Waals surface area contributed by atoms with Gasteiger partial charge >= 0.3 is 10.2 Å². The molecule has 0 amide bonds. The van der Waals surface area contributed by atoms with E-state index in [1.54, 1.807) is 19.1 Å². The number of carbonyl (C=O) groups is 1. The number of benzene rings is 1. The predicted octanol–water partition coefficient (Wildman–Crippen LogP) is 0.231. The number of rotatable bonds is 2. The zero-order chi connectivity index (χ0) is 13.5. The van der Waals surface area contributed by atoms with E-state index in [1.807, 2.05) is 6.92 Å². The van der Waals surface area contributed by atoms with Crippen molar-refractivity contribution < 1.29 is 18.3 Å². The molecule has 1 fully saturated rings. The Morgan fingerprint density at radius 3 is 2.67 bits per heavy atom. The van der Waals surface area contributed by atoms with Gasteiger partial charge in [0.1, 0.15) is 12.0 Å². The number of anilines is 1. The Morgan fingerprint density at radius 2 is 2.11 bits per heavy atom. The van der Waals surface area contributed by atoms with Crippen LogP contribution in [-0.2, 0) is 15.0 Å². The summed E-state index contributed by atoms with van der Waals surface area (Å²) in [4.78, 5) is 10.7. The number of nitrogens with one attached hydrogen (secondary N) is 1. The third kappa shape index (κ3) is 2.06. The maximum Gasteiger partial charge on any atom is 0.302 e. The summed E-state index contributed by atoms with van der Waals surface area (Å²) in [6.45, 7) is 3.49. The number of aldehydes is 1. The van der Waals surface area contributed by atoms with Gasteiger partial charge in [-0.15, -0.1) is 0 Å². The Balaban J connectivity index is 2.53. The first kappa shape index (κ1) is 12.8. The van der Waals surface area contributed by atoms with Crippen molar-refractivity contribution >= 4 is 22.2 Å². The summed E-state index contributed by atoms with van der Waals surface area (Å²) < 4.78 is 26.9. The Labute approximate surface area is 105 Å². The van der Waals surface area contributed by atoms with Crippen LogP contribution >= 0.6 is 0 Å². The van der Waals surface area contributed by atoms with Crippen LogP contribution in [0.3, 0.4) is 0 Å². The fourth-order valence-electron chi connectivity index (χ4n) is 2.00. The van der Waals surface area contributed by atoms with E-state index in [4.69, 9.17) is 0 Å². The largest absolute Gasteiger partial charge is 0.505 e. The lowest BCUT2D eigenvalue weighted by atomic mass is 10.1. The Hall–Kier alpha value is -1.60. The molecule has 0 spiro atoms. The summed E-state index contributed by atoms with van der Waals surface area (Å²) in [7, 11) is -3.77. The zero-order valence-corrected chi connectivity index (χ0v) is 10.9. The lowest BCUT2D eigenvalue weighted by Crippen LogP contribution is -2.30. The van der Waals surface area contributed by atoms with Crippen LogP contribution in [0.15, 0.2) is 12.1 Å². The number of nitrogens with zero attached hydrogens (tertiary/aromatic N) is 1. The van der Waals surface area contributed by atoms with Crippen LogP contribution in [0.2, 0.25) is 0 Å². The van der Waals surface area contributed by atoms with Crippen molar-refractivity contribution in [1.29, 1.82) is 0 Å². The molecule has 1 aliphatic rings. The van der Waals surface area contributed by atoms with E-state index in [2.05, 4.69) is 4.72 Å². The third-order valence-corrected chi connectivity index (χ3v) is 4.34. The molecule has 1 unspecified atom stereocenters. The van der Waals surface area contributed by atoms with E-state index < -0.39 is 16.3 Å². The minimum absolute atomic E-state index is 0.0116. The highest BCUT2D eigenvalue weighted by molar-refractivity contribution is 7.91. The quantitative estimate of drug-likeness (QED) is 0.753. The predicted molar refractivity (Wildman–Crippen MR) is 66.8 cm³/mol. The smallest absolute Gasteiger partial charge is 0.302 e. The Bertz CT molecular complexity index is 597. The minimum atomic E-state index is -3.77. The highest BCUT2D eigenvalue weighted by atomic mass is 32.2. The summed E-state index contributed by atoms with van der Waals surface area (Å²) >= 11 is 0. The molecule has 1 aliphatic heterocycles. The molecule has 2 rings (SSSR count). The molecule has 1 heterocycles. The van der Waals surface area contributed by atoms with Crippen molar-refractivity contribution in [2.24, 2.45) is 0 Å². The molecular weight excluding hydrogens is 256 g/mol. The normalized spacial score (nSPS) is 22.1. The number of phenolic OH excluding ortho intramolecular Hbond substituents is 1. The van der Waals surface area contributed by atoms with E-state index in [0.717, 1.165) is 9.87 Å². The van der Waals surface area contributed by atoms with Gasteiger partial charge in [0.05, 0.1) is 18.3 Å². The molecule has 1 saturated heterocycles. The van der Waals surface area contributed by atoms with Crippen LogP contribution in [0.5, 0.6) is 5.75 Å². The first-order chi connectivity index (χ1) is 8.35. The summed E-state index contributed by atoms with van der Waals surface area (Å²) in [5.74, 6) is -0.0856. The van der Waals surface area contributed by atoms with Crippen molar-refractivity contribution in [3.63, 3.8) is 0 Å². The molecule has 0 aliphatic carbocycles. The molecule has 7 heteroatoms. The second-order valence-electron chi connectivity index (χ2n) is 4.35. The molecule has 1 aromatic rings. The van der Waals surface area contributed by atoms with E-state index >= 15 is 0 Å². The van der Waals surface area contributed by atoms with Crippen molar-refractivity contribution in [3.8, 4) is 5.75 Å². The average Bonchev–Trinajstić information content (AvgIpc) is 2.59. The van der Waals surface area contributed by atoms with E-state index in [0.29, 0.717) is 11.8 Å². The molecule has 1 atom stereocenters. The fraction of sp³-hybridized carbons (Fsp3) is 0.364. The van der Waals surface area contributed by atoms with Gasteiger partial charge in [0.2, 0.25) is 0 Å². The Kier molecular flexibility index (Phi) is 3.04. The van der Waals surface area contributed by atoms with Gasteiger partial charge in [-0.2, -0.15) is 13.1 Å². The van der Waals surface area contributed by atoms with Gasteiger partial charge in [0.15, 0.2) is 0 Å². The van der Waals surface area contributed by atoms with Crippen LogP contribution in [0, 0.1) is 13.8 Å². The van der Waals surface area contributed by atoms with Crippen molar-refractivity contribution in [1.82, 2.24) is 4.72 Å². The summed E-state index contributed by atoms with van der Waals surface area (Å²) in [6, 6.07) is 2.55. The molecule has 0 saturated carbocycles. The summed E-state index contributed by atoms with van der Waals surface area (Å²) in [6.07, 6.45) is 0.539. The molecule has 98 valence electrons. The topological polar surface area (TPSA) is 86.7 Å². The number of hydrogen-bond acceptors (Lipinski definition) is 4. The van der Waals surface area contributed by atoms with Gasteiger partial charge in [-0.25, -0.2) is 0 Å². The van der Waals surface area contributed by atoms with Gasteiger partial charge in [-0.05, 0) is 31.0 Å². The van der Waals surface area contributed by atoms with Crippen LogP contribution < -0.4 is 9.03 Å². The number of aromatic hydroxyl groups is 1. The number of hydrogen-bond donors (Lipinski definition) is 2. The lowest BCUT2D eigenvalue weighted by molar-refractivity contribution is -0.108. The van der Waals surface area contributed by atoms with Crippen LogP contribution in [0.25, 0.3) is 0 Å². The maximum atomic E-state index is 11.9. The van der Waals surface area contributed by atoms with Crippen molar-refractivity contribution in [2.75, 3.05) is 10.8 Å². The van der Waals surface area contributed by atoms with Gasteiger partial charge in [0, 0.05) is 0 Å². The summed E-state index contributed by atoms with van der Waals surface area (Å²) in [5.41, 5.74) is 1.63.